The summed E-state index contributed by atoms with van der Waals surface area (Å²) in [5.41, 5.74) is 1.43. The molecular formula is C24H22FNO5. The molecule has 1 N–H and O–H groups in total. The lowest BCUT2D eigenvalue weighted by molar-refractivity contribution is -0.140. The van der Waals surface area contributed by atoms with E-state index in [0.29, 0.717) is 30.9 Å². The van der Waals surface area contributed by atoms with Crippen LogP contribution in [0.25, 0.3) is 0 Å². The van der Waals surface area contributed by atoms with E-state index in [9.17, 15) is 14.0 Å². The van der Waals surface area contributed by atoms with Crippen LogP contribution in [0.2, 0.25) is 0 Å². The number of benzene rings is 2. The van der Waals surface area contributed by atoms with Crippen molar-refractivity contribution in [3.05, 3.63) is 105 Å². The van der Waals surface area contributed by atoms with Crippen molar-refractivity contribution in [3.8, 4) is 0 Å². The van der Waals surface area contributed by atoms with E-state index in [1.807, 2.05) is 6.07 Å². The largest absolute Gasteiger partial charge is 0.388 e. The Bertz CT molecular complexity index is 1120. The van der Waals surface area contributed by atoms with Gasteiger partial charge in [0.1, 0.15) is 18.0 Å². The number of aliphatic hydroxyl groups excluding tert-OH is 1. The zero-order valence-electron chi connectivity index (χ0n) is 16.8. The number of hydrogen-bond donors (Lipinski definition) is 1. The summed E-state index contributed by atoms with van der Waals surface area (Å²) < 4.78 is 26.7. The van der Waals surface area contributed by atoms with Crippen LogP contribution in [0, 0.1) is 5.82 Å². The Hall–Kier alpha value is -3.13. The molecule has 1 unspecified atom stereocenters. The first-order valence-corrected chi connectivity index (χ1v) is 9.93. The van der Waals surface area contributed by atoms with Gasteiger partial charge in [0.2, 0.25) is 0 Å². The molecule has 4 rings (SSSR count). The molecule has 1 saturated heterocycles. The smallest absolute Gasteiger partial charge is 0.251 e. The number of ketones is 1. The predicted octanol–water partition coefficient (Wildman–Crippen LogP) is 2.50. The van der Waals surface area contributed by atoms with E-state index >= 15 is 0 Å². The van der Waals surface area contributed by atoms with E-state index in [-0.39, 0.29) is 23.8 Å². The number of halogens is 1. The Morgan fingerprint density at radius 3 is 2.39 bits per heavy atom. The first-order chi connectivity index (χ1) is 15.0. The van der Waals surface area contributed by atoms with Crippen molar-refractivity contribution in [2.45, 2.75) is 12.1 Å². The number of ether oxygens (including phenoxy) is 2. The van der Waals surface area contributed by atoms with Crippen molar-refractivity contribution in [3.63, 3.8) is 0 Å². The topological polar surface area (TPSA) is 77.8 Å². The van der Waals surface area contributed by atoms with Crippen molar-refractivity contribution >= 4 is 5.78 Å². The maximum absolute atomic E-state index is 13.4. The Morgan fingerprint density at radius 2 is 1.77 bits per heavy atom. The molecule has 2 aromatic carbocycles. The molecule has 2 heterocycles. The van der Waals surface area contributed by atoms with Gasteiger partial charge in [0, 0.05) is 17.8 Å². The molecular weight excluding hydrogens is 401 g/mol. The summed E-state index contributed by atoms with van der Waals surface area (Å²) >= 11 is 0. The van der Waals surface area contributed by atoms with Crippen LogP contribution in [0.15, 0.2) is 71.7 Å². The summed E-state index contributed by atoms with van der Waals surface area (Å²) in [6.45, 7) is 0.825. The second-order valence-corrected chi connectivity index (χ2v) is 7.39. The van der Waals surface area contributed by atoms with Crippen LogP contribution >= 0.6 is 0 Å². The number of rotatable bonds is 6. The van der Waals surface area contributed by atoms with Gasteiger partial charge in [0.15, 0.2) is 5.78 Å². The second kappa shape index (κ2) is 8.93. The predicted molar refractivity (Wildman–Crippen MR) is 112 cm³/mol. The summed E-state index contributed by atoms with van der Waals surface area (Å²) in [7, 11) is 0. The molecule has 0 spiro atoms. The van der Waals surface area contributed by atoms with Gasteiger partial charge in [-0.3, -0.25) is 9.59 Å². The molecule has 1 atom stereocenters. The Morgan fingerprint density at radius 1 is 1.03 bits per heavy atom. The summed E-state index contributed by atoms with van der Waals surface area (Å²) in [6.07, 6.45) is 1.69. The SMILES string of the molecule is O=C(CO)c1ccc(Cn2ccc(C3(c4ccc(F)cc4)COCCO3)cc2=O)cc1. The van der Waals surface area contributed by atoms with Crippen LogP contribution in [0.4, 0.5) is 4.39 Å². The molecule has 3 aromatic rings. The fourth-order valence-corrected chi connectivity index (χ4v) is 3.73. The van der Waals surface area contributed by atoms with Crippen LogP contribution in [0.3, 0.4) is 0 Å². The number of pyridine rings is 1. The molecule has 0 saturated carbocycles. The Balaban J connectivity index is 1.63. The van der Waals surface area contributed by atoms with Gasteiger partial charge in [0.25, 0.3) is 5.56 Å². The van der Waals surface area contributed by atoms with Gasteiger partial charge in [-0.15, -0.1) is 0 Å². The van der Waals surface area contributed by atoms with Gasteiger partial charge in [-0.25, -0.2) is 4.39 Å². The summed E-state index contributed by atoms with van der Waals surface area (Å²) in [5, 5.41) is 8.95. The van der Waals surface area contributed by atoms with Gasteiger partial charge in [-0.2, -0.15) is 0 Å². The monoisotopic (exact) mass is 423 g/mol. The maximum atomic E-state index is 13.4. The molecule has 0 amide bonds. The lowest BCUT2D eigenvalue weighted by Crippen LogP contribution is -2.42. The zero-order chi connectivity index (χ0) is 21.8. The number of aromatic nitrogens is 1. The number of hydrogen-bond acceptors (Lipinski definition) is 5. The average molecular weight is 423 g/mol. The van der Waals surface area contributed by atoms with E-state index < -0.39 is 12.2 Å². The highest BCUT2D eigenvalue weighted by Crippen LogP contribution is 2.35. The molecule has 0 radical (unpaired) electrons. The molecule has 160 valence electrons. The van der Waals surface area contributed by atoms with Crippen molar-refractivity contribution in [1.82, 2.24) is 4.57 Å². The Labute approximate surface area is 178 Å². The highest BCUT2D eigenvalue weighted by Gasteiger charge is 2.38. The highest BCUT2D eigenvalue weighted by atomic mass is 19.1. The van der Waals surface area contributed by atoms with Gasteiger partial charge in [0.05, 0.1) is 26.4 Å². The minimum atomic E-state index is -0.976. The van der Waals surface area contributed by atoms with E-state index in [1.54, 1.807) is 47.2 Å². The van der Waals surface area contributed by atoms with Crippen molar-refractivity contribution in [2.75, 3.05) is 26.4 Å². The molecule has 0 bridgehead atoms. The zero-order valence-corrected chi connectivity index (χ0v) is 16.8. The fourth-order valence-electron chi connectivity index (χ4n) is 3.73. The van der Waals surface area contributed by atoms with Gasteiger partial charge < -0.3 is 19.1 Å². The van der Waals surface area contributed by atoms with Crippen LogP contribution < -0.4 is 5.56 Å². The minimum absolute atomic E-state index is 0.219. The molecule has 1 aliphatic heterocycles. The Kier molecular flexibility index (Phi) is 6.08. The van der Waals surface area contributed by atoms with E-state index in [2.05, 4.69) is 0 Å². The van der Waals surface area contributed by atoms with Crippen LogP contribution in [0.5, 0.6) is 0 Å². The number of carbonyl (C=O) groups excluding carboxylic acids is 1. The third-order valence-corrected chi connectivity index (χ3v) is 5.43. The van der Waals surface area contributed by atoms with Crippen molar-refractivity contribution in [1.29, 1.82) is 0 Å². The lowest BCUT2D eigenvalue weighted by atomic mass is 9.86. The van der Waals surface area contributed by atoms with E-state index in [4.69, 9.17) is 14.6 Å². The van der Waals surface area contributed by atoms with E-state index in [0.717, 1.165) is 11.1 Å². The van der Waals surface area contributed by atoms with Crippen molar-refractivity contribution < 1.29 is 23.8 Å². The average Bonchev–Trinajstić information content (AvgIpc) is 2.81. The standard InChI is InChI=1S/C24H22FNO5/c25-21-7-5-19(6-8-21)24(16-30-11-12-31-24)20-9-10-26(23(29)13-20)14-17-1-3-18(4-2-17)22(28)15-27/h1-10,13,27H,11-12,14-16H2. The van der Waals surface area contributed by atoms with Gasteiger partial charge in [-0.05, 0) is 34.9 Å². The molecule has 1 aromatic heterocycles. The number of Topliss-reactive ketones (excluding diaryl/α,β-unsaturated/α-hetero) is 1. The summed E-state index contributed by atoms with van der Waals surface area (Å²) in [6, 6.07) is 16.1. The van der Waals surface area contributed by atoms with Crippen LogP contribution in [-0.2, 0) is 21.6 Å². The van der Waals surface area contributed by atoms with Crippen LogP contribution in [-0.4, -0.2) is 41.9 Å². The summed E-state index contributed by atoms with van der Waals surface area (Å²) in [5.74, 6) is -0.702. The molecule has 6 nitrogen and oxygen atoms in total. The molecule has 1 fully saturated rings. The fraction of sp³-hybridized carbons (Fsp3) is 0.250. The van der Waals surface area contributed by atoms with Gasteiger partial charge in [-0.1, -0.05) is 36.4 Å². The minimum Gasteiger partial charge on any atom is -0.388 e. The molecule has 31 heavy (non-hydrogen) atoms. The number of nitrogens with zero attached hydrogens (tertiary/aromatic N) is 1. The normalized spacial score (nSPS) is 18.6. The van der Waals surface area contributed by atoms with Crippen molar-refractivity contribution in [2.24, 2.45) is 0 Å². The summed E-state index contributed by atoms with van der Waals surface area (Å²) in [4.78, 5) is 24.4. The lowest BCUT2D eigenvalue weighted by Gasteiger charge is -2.38. The second-order valence-electron chi connectivity index (χ2n) is 7.39. The van der Waals surface area contributed by atoms with Gasteiger partial charge >= 0.3 is 0 Å². The molecule has 0 aliphatic carbocycles. The number of aliphatic hydroxyl groups is 1. The third kappa shape index (κ3) is 4.34. The maximum Gasteiger partial charge on any atom is 0.251 e. The molecule has 7 heteroatoms. The number of carbonyl (C=O) groups is 1. The first-order valence-electron chi connectivity index (χ1n) is 9.93. The quantitative estimate of drug-likeness (QED) is 0.617. The first kappa shape index (κ1) is 21.1. The van der Waals surface area contributed by atoms with Crippen LogP contribution in [0.1, 0.15) is 27.0 Å². The molecule has 1 aliphatic rings. The third-order valence-electron chi connectivity index (χ3n) is 5.43. The highest BCUT2D eigenvalue weighted by molar-refractivity contribution is 5.96. The van der Waals surface area contributed by atoms with E-state index in [1.165, 1.54) is 18.2 Å².